The standard InChI is InChI=1S/C29H42N4/c1-31-15-7-12-26(31)20-32-16-17-33-21-27(25-14-13-23-10-5-6-11-24(23)19-25)30-29(33)28(32)18-22-8-3-2-4-9-22/h13-14,19,21-22,26,28H,2-12,15-18,20H2,1H3/t26-,28-/m0/s1. The van der Waals surface area contributed by atoms with E-state index >= 15 is 0 Å². The maximum atomic E-state index is 5.37. The van der Waals surface area contributed by atoms with Crippen LogP contribution < -0.4 is 0 Å². The van der Waals surface area contributed by atoms with E-state index in [1.54, 1.807) is 11.1 Å². The van der Waals surface area contributed by atoms with E-state index in [2.05, 4.69) is 45.8 Å². The number of aromatic nitrogens is 2. The van der Waals surface area contributed by atoms with E-state index < -0.39 is 0 Å². The Morgan fingerprint density at radius 2 is 1.73 bits per heavy atom. The van der Waals surface area contributed by atoms with E-state index in [0.717, 1.165) is 18.5 Å². The smallest absolute Gasteiger partial charge is 0.126 e. The summed E-state index contributed by atoms with van der Waals surface area (Å²) in [5.41, 5.74) is 5.66. The number of rotatable bonds is 5. The van der Waals surface area contributed by atoms with Gasteiger partial charge in [-0.25, -0.2) is 4.98 Å². The van der Waals surface area contributed by atoms with E-state index in [0.29, 0.717) is 6.04 Å². The second-order valence-electron chi connectivity index (χ2n) is 11.4. The fraction of sp³-hybridized carbons (Fsp3) is 0.690. The van der Waals surface area contributed by atoms with Crippen molar-refractivity contribution in [3.05, 3.63) is 41.3 Å². The number of hydrogen-bond acceptors (Lipinski definition) is 3. The maximum absolute atomic E-state index is 5.37. The Balaban J connectivity index is 1.29. The van der Waals surface area contributed by atoms with E-state index in [1.165, 1.54) is 114 Å². The van der Waals surface area contributed by atoms with Crippen molar-refractivity contribution < 1.29 is 0 Å². The third kappa shape index (κ3) is 4.53. The van der Waals surface area contributed by atoms with E-state index in [1.807, 2.05) is 0 Å². The van der Waals surface area contributed by atoms with Crippen molar-refractivity contribution in [3.63, 3.8) is 0 Å². The zero-order chi connectivity index (χ0) is 22.2. The number of hydrogen-bond donors (Lipinski definition) is 0. The number of likely N-dealkylation sites (N-methyl/N-ethyl adjacent to an activating group) is 1. The van der Waals surface area contributed by atoms with Crippen molar-refractivity contribution >= 4 is 0 Å². The molecule has 178 valence electrons. The summed E-state index contributed by atoms with van der Waals surface area (Å²) < 4.78 is 2.51. The van der Waals surface area contributed by atoms with Gasteiger partial charge in [0.05, 0.1) is 11.7 Å². The Morgan fingerprint density at radius 3 is 2.55 bits per heavy atom. The maximum Gasteiger partial charge on any atom is 0.126 e. The Bertz CT molecular complexity index is 957. The minimum Gasteiger partial charge on any atom is -0.332 e. The third-order valence-electron chi connectivity index (χ3n) is 9.22. The minimum atomic E-state index is 0.488. The predicted octanol–water partition coefficient (Wildman–Crippen LogP) is 5.85. The normalized spacial score (nSPS) is 26.9. The number of benzene rings is 1. The van der Waals surface area contributed by atoms with Crippen molar-refractivity contribution in [3.8, 4) is 11.3 Å². The molecule has 1 aromatic heterocycles. The van der Waals surface area contributed by atoms with Crippen molar-refractivity contribution in [1.82, 2.24) is 19.4 Å². The summed E-state index contributed by atoms with van der Waals surface area (Å²) in [6, 6.07) is 8.37. The Hall–Kier alpha value is -1.65. The molecule has 33 heavy (non-hydrogen) atoms. The number of nitrogens with zero attached hydrogens (tertiary/aromatic N) is 4. The lowest BCUT2D eigenvalue weighted by atomic mass is 9.84. The van der Waals surface area contributed by atoms with Crippen LogP contribution in [-0.2, 0) is 19.4 Å². The van der Waals surface area contributed by atoms with Crippen LogP contribution in [-0.4, -0.2) is 52.1 Å². The lowest BCUT2D eigenvalue weighted by Gasteiger charge is -2.40. The van der Waals surface area contributed by atoms with E-state index in [9.17, 15) is 0 Å². The van der Waals surface area contributed by atoms with E-state index in [-0.39, 0.29) is 0 Å². The Kier molecular flexibility index (Phi) is 6.32. The average Bonchev–Trinajstić information content (AvgIpc) is 3.47. The molecule has 1 saturated carbocycles. The van der Waals surface area contributed by atoms with Gasteiger partial charge >= 0.3 is 0 Å². The second-order valence-corrected chi connectivity index (χ2v) is 11.4. The monoisotopic (exact) mass is 446 g/mol. The summed E-state index contributed by atoms with van der Waals surface area (Å²) in [5.74, 6) is 2.23. The van der Waals surface area contributed by atoms with Crippen molar-refractivity contribution in [2.75, 3.05) is 26.7 Å². The molecule has 4 aliphatic rings. The van der Waals surface area contributed by atoms with Crippen LogP contribution in [0.2, 0.25) is 0 Å². The molecule has 2 aliphatic carbocycles. The molecular weight excluding hydrogens is 404 g/mol. The van der Waals surface area contributed by atoms with E-state index in [4.69, 9.17) is 4.98 Å². The molecule has 1 aromatic carbocycles. The molecule has 0 N–H and O–H groups in total. The lowest BCUT2D eigenvalue weighted by Crippen LogP contribution is -2.45. The Morgan fingerprint density at radius 1 is 0.879 bits per heavy atom. The van der Waals surface area contributed by atoms with Gasteiger partial charge in [-0.05, 0) is 81.6 Å². The number of fused-ring (bicyclic) bond motifs is 2. The van der Waals surface area contributed by atoms with Gasteiger partial charge in [0.15, 0.2) is 0 Å². The summed E-state index contributed by atoms with van der Waals surface area (Å²) in [5, 5.41) is 0. The van der Waals surface area contributed by atoms with Crippen LogP contribution in [0, 0.1) is 5.92 Å². The van der Waals surface area contributed by atoms with Gasteiger partial charge in [0.1, 0.15) is 5.82 Å². The van der Waals surface area contributed by atoms with Gasteiger partial charge in [-0.2, -0.15) is 0 Å². The fourth-order valence-corrected chi connectivity index (χ4v) is 7.15. The number of likely N-dealkylation sites (tertiary alicyclic amines) is 1. The number of imidazole rings is 1. The molecule has 0 bridgehead atoms. The molecule has 1 saturated heterocycles. The SMILES string of the molecule is CN1CCC[C@H]1CN1CCn2cc(-c3ccc4c(c3)CCCC4)nc2[C@@H]1CC1CCCCC1. The average molecular weight is 447 g/mol. The molecule has 2 aromatic rings. The summed E-state index contributed by atoms with van der Waals surface area (Å²) in [6.07, 6.45) is 18.7. The molecule has 4 nitrogen and oxygen atoms in total. The quantitative estimate of drug-likeness (QED) is 0.576. The summed E-state index contributed by atoms with van der Waals surface area (Å²) >= 11 is 0. The van der Waals surface area contributed by atoms with Crippen LogP contribution in [0.3, 0.4) is 0 Å². The molecule has 2 fully saturated rings. The summed E-state index contributed by atoms with van der Waals surface area (Å²) in [7, 11) is 2.33. The molecule has 0 amide bonds. The van der Waals surface area contributed by atoms with Gasteiger partial charge in [0.2, 0.25) is 0 Å². The second kappa shape index (κ2) is 9.54. The highest BCUT2D eigenvalue weighted by Crippen LogP contribution is 2.38. The van der Waals surface area contributed by atoms with Crippen LogP contribution in [0.15, 0.2) is 24.4 Å². The molecular formula is C29H42N4. The minimum absolute atomic E-state index is 0.488. The van der Waals surface area contributed by atoms with Crippen molar-refractivity contribution in [2.45, 2.75) is 95.7 Å². The van der Waals surface area contributed by atoms with Crippen LogP contribution in [0.25, 0.3) is 11.3 Å². The van der Waals surface area contributed by atoms with Crippen molar-refractivity contribution in [1.29, 1.82) is 0 Å². The molecule has 0 unspecified atom stereocenters. The highest BCUT2D eigenvalue weighted by molar-refractivity contribution is 5.61. The van der Waals surface area contributed by atoms with Gasteiger partial charge in [-0.3, -0.25) is 4.90 Å². The fourth-order valence-electron chi connectivity index (χ4n) is 7.15. The highest BCUT2D eigenvalue weighted by atomic mass is 15.3. The highest BCUT2D eigenvalue weighted by Gasteiger charge is 2.35. The van der Waals surface area contributed by atoms with Crippen LogP contribution in [0.1, 0.15) is 87.2 Å². The molecule has 0 spiro atoms. The first kappa shape index (κ1) is 21.9. The van der Waals surface area contributed by atoms with Gasteiger partial charge in [-0.15, -0.1) is 0 Å². The zero-order valence-electron chi connectivity index (χ0n) is 20.6. The first-order valence-corrected chi connectivity index (χ1v) is 13.9. The molecule has 3 heterocycles. The predicted molar refractivity (Wildman–Crippen MR) is 135 cm³/mol. The van der Waals surface area contributed by atoms with Crippen LogP contribution >= 0.6 is 0 Å². The lowest BCUT2D eigenvalue weighted by molar-refractivity contribution is 0.0922. The van der Waals surface area contributed by atoms with Crippen LogP contribution in [0.5, 0.6) is 0 Å². The summed E-state index contributed by atoms with van der Waals surface area (Å²) in [6.45, 7) is 4.75. The molecule has 2 aliphatic heterocycles. The largest absolute Gasteiger partial charge is 0.332 e. The Labute approximate surface area is 200 Å². The van der Waals surface area contributed by atoms with Crippen molar-refractivity contribution in [2.24, 2.45) is 5.92 Å². The molecule has 6 rings (SSSR count). The van der Waals surface area contributed by atoms with Crippen LogP contribution in [0.4, 0.5) is 0 Å². The number of aryl methyl sites for hydroxylation is 2. The first-order chi connectivity index (χ1) is 16.2. The molecule has 4 heteroatoms. The van der Waals surface area contributed by atoms with Gasteiger partial charge < -0.3 is 9.47 Å². The van der Waals surface area contributed by atoms with Gasteiger partial charge in [-0.1, -0.05) is 44.2 Å². The molecule has 2 atom stereocenters. The zero-order valence-corrected chi connectivity index (χ0v) is 20.6. The molecule has 0 radical (unpaired) electrons. The summed E-state index contributed by atoms with van der Waals surface area (Å²) in [4.78, 5) is 10.8. The van der Waals surface area contributed by atoms with Gasteiger partial charge in [0, 0.05) is 37.4 Å². The van der Waals surface area contributed by atoms with Gasteiger partial charge in [0.25, 0.3) is 0 Å². The third-order valence-corrected chi connectivity index (χ3v) is 9.22. The topological polar surface area (TPSA) is 24.3 Å². The first-order valence-electron chi connectivity index (χ1n) is 13.9.